The van der Waals surface area contributed by atoms with Crippen LogP contribution in [0.3, 0.4) is 0 Å². The van der Waals surface area contributed by atoms with Gasteiger partial charge in [-0.15, -0.1) is 0 Å². The third-order valence-corrected chi connectivity index (χ3v) is 3.40. The summed E-state index contributed by atoms with van der Waals surface area (Å²) in [4.78, 5) is 0. The fourth-order valence-electron chi connectivity index (χ4n) is 2.21. The third kappa shape index (κ3) is 12.3. The van der Waals surface area contributed by atoms with Gasteiger partial charge in [0.15, 0.2) is 0 Å². The maximum Gasteiger partial charge on any atom is 0.0541 e. The Morgan fingerprint density at radius 1 is 0.667 bits per heavy atom. The van der Waals surface area contributed by atoms with E-state index in [-0.39, 0.29) is 12.2 Å². The Hall–Kier alpha value is -0.120. The van der Waals surface area contributed by atoms with Gasteiger partial charge in [-0.2, -0.15) is 0 Å². The van der Waals surface area contributed by atoms with Crippen LogP contribution >= 0.6 is 0 Å². The second-order valence-corrected chi connectivity index (χ2v) is 5.31. The Labute approximate surface area is 112 Å². The molecule has 18 heavy (non-hydrogen) atoms. The molecule has 0 aromatic carbocycles. The minimum Gasteiger partial charge on any atom is -0.396 e. The molecule has 0 bridgehead atoms. The van der Waals surface area contributed by atoms with Gasteiger partial charge in [-0.1, -0.05) is 45.4 Å². The molecule has 3 nitrogen and oxygen atoms in total. The van der Waals surface area contributed by atoms with Crippen LogP contribution in [0.25, 0.3) is 0 Å². The van der Waals surface area contributed by atoms with Crippen LogP contribution < -0.4 is 0 Å². The molecule has 0 saturated carbocycles. The summed E-state index contributed by atoms with van der Waals surface area (Å²) >= 11 is 0. The van der Waals surface area contributed by atoms with Crippen molar-refractivity contribution in [1.29, 1.82) is 0 Å². The summed E-state index contributed by atoms with van der Waals surface area (Å²) in [6, 6.07) is 0. The quantitative estimate of drug-likeness (QED) is 0.446. The summed E-state index contributed by atoms with van der Waals surface area (Å²) in [5.41, 5.74) is 0. The van der Waals surface area contributed by atoms with Gasteiger partial charge in [0.05, 0.1) is 12.2 Å². The van der Waals surface area contributed by atoms with Gasteiger partial charge in [-0.25, -0.2) is 0 Å². The van der Waals surface area contributed by atoms with Crippen LogP contribution in [-0.2, 0) is 0 Å². The molecule has 0 aromatic rings. The molecule has 0 fully saturated rings. The van der Waals surface area contributed by atoms with Crippen LogP contribution in [-0.4, -0.2) is 34.1 Å². The molecule has 0 aromatic heterocycles. The molecule has 0 heterocycles. The largest absolute Gasteiger partial charge is 0.396 e. The standard InChI is InChI=1S/C15H32O3/c1-2-9-14(17)11-12-15(18)10-7-5-3-4-6-8-13-16/h14-18H,2-13H2,1H3/t14?,15-/m0/s1. The minimum absolute atomic E-state index is 0.233. The van der Waals surface area contributed by atoms with Crippen molar-refractivity contribution in [3.8, 4) is 0 Å². The molecule has 110 valence electrons. The van der Waals surface area contributed by atoms with Crippen molar-refractivity contribution in [2.45, 2.75) is 89.8 Å². The van der Waals surface area contributed by atoms with E-state index in [9.17, 15) is 10.2 Å². The molecular formula is C15H32O3. The Kier molecular flexibility index (Phi) is 13.2. The first-order chi connectivity index (χ1) is 8.70. The first-order valence-corrected chi connectivity index (χ1v) is 7.67. The van der Waals surface area contributed by atoms with Gasteiger partial charge in [0.25, 0.3) is 0 Å². The van der Waals surface area contributed by atoms with Crippen LogP contribution in [0.5, 0.6) is 0 Å². The number of unbranched alkanes of at least 4 members (excludes halogenated alkanes) is 5. The zero-order valence-corrected chi connectivity index (χ0v) is 12.0. The fourth-order valence-corrected chi connectivity index (χ4v) is 2.21. The Balaban J connectivity index is 3.23. The zero-order valence-electron chi connectivity index (χ0n) is 12.0. The van der Waals surface area contributed by atoms with E-state index in [2.05, 4.69) is 6.92 Å². The summed E-state index contributed by atoms with van der Waals surface area (Å²) in [5, 5.41) is 28.0. The predicted molar refractivity (Wildman–Crippen MR) is 75.6 cm³/mol. The van der Waals surface area contributed by atoms with Crippen LogP contribution in [0.15, 0.2) is 0 Å². The summed E-state index contributed by atoms with van der Waals surface area (Å²) in [6.07, 6.45) is 10.3. The van der Waals surface area contributed by atoms with Crippen molar-refractivity contribution in [3.05, 3.63) is 0 Å². The molecule has 1 unspecified atom stereocenters. The number of aliphatic hydroxyl groups is 3. The molecule has 0 aliphatic carbocycles. The molecule has 0 rings (SSSR count). The third-order valence-electron chi connectivity index (χ3n) is 3.40. The molecule has 2 atom stereocenters. The highest BCUT2D eigenvalue weighted by Crippen LogP contribution is 2.13. The summed E-state index contributed by atoms with van der Waals surface area (Å²) in [5.74, 6) is 0. The van der Waals surface area contributed by atoms with Gasteiger partial charge < -0.3 is 15.3 Å². The number of hydrogen-bond acceptors (Lipinski definition) is 3. The van der Waals surface area contributed by atoms with Gasteiger partial charge >= 0.3 is 0 Å². The first-order valence-electron chi connectivity index (χ1n) is 7.67. The van der Waals surface area contributed by atoms with Crippen LogP contribution in [0, 0.1) is 0 Å². The minimum atomic E-state index is -0.242. The number of aliphatic hydroxyl groups excluding tert-OH is 3. The monoisotopic (exact) mass is 260 g/mol. The maximum absolute atomic E-state index is 9.76. The van der Waals surface area contributed by atoms with Crippen LogP contribution in [0.2, 0.25) is 0 Å². The van der Waals surface area contributed by atoms with E-state index in [1.54, 1.807) is 0 Å². The second-order valence-electron chi connectivity index (χ2n) is 5.31. The lowest BCUT2D eigenvalue weighted by atomic mass is 10.0. The molecule has 0 saturated heterocycles. The van der Waals surface area contributed by atoms with E-state index in [1.165, 1.54) is 19.3 Å². The molecule has 0 radical (unpaired) electrons. The molecule has 3 N–H and O–H groups in total. The number of rotatable bonds is 13. The van der Waals surface area contributed by atoms with Gasteiger partial charge in [0.1, 0.15) is 0 Å². The van der Waals surface area contributed by atoms with E-state index >= 15 is 0 Å². The normalized spacial score (nSPS) is 14.7. The molecule has 3 heteroatoms. The van der Waals surface area contributed by atoms with Gasteiger partial charge in [0.2, 0.25) is 0 Å². The summed E-state index contributed by atoms with van der Waals surface area (Å²) in [7, 11) is 0. The van der Waals surface area contributed by atoms with E-state index < -0.39 is 0 Å². The van der Waals surface area contributed by atoms with E-state index in [0.717, 1.165) is 51.4 Å². The molecule has 0 spiro atoms. The van der Waals surface area contributed by atoms with Gasteiger partial charge in [0, 0.05) is 6.61 Å². The van der Waals surface area contributed by atoms with E-state index in [0.29, 0.717) is 6.61 Å². The van der Waals surface area contributed by atoms with Crippen molar-refractivity contribution >= 4 is 0 Å². The maximum atomic E-state index is 9.76. The Morgan fingerprint density at radius 2 is 1.17 bits per heavy atom. The van der Waals surface area contributed by atoms with Crippen molar-refractivity contribution in [1.82, 2.24) is 0 Å². The van der Waals surface area contributed by atoms with E-state index in [1.807, 2.05) is 0 Å². The second kappa shape index (κ2) is 13.3. The number of hydrogen-bond donors (Lipinski definition) is 3. The van der Waals surface area contributed by atoms with Gasteiger partial charge in [-0.3, -0.25) is 0 Å². The average molecular weight is 260 g/mol. The smallest absolute Gasteiger partial charge is 0.0541 e. The summed E-state index contributed by atoms with van der Waals surface area (Å²) in [6.45, 7) is 2.37. The highest BCUT2D eigenvalue weighted by molar-refractivity contribution is 4.61. The summed E-state index contributed by atoms with van der Waals surface area (Å²) < 4.78 is 0. The Morgan fingerprint density at radius 3 is 1.72 bits per heavy atom. The van der Waals surface area contributed by atoms with Crippen LogP contribution in [0.4, 0.5) is 0 Å². The zero-order chi connectivity index (χ0) is 13.6. The van der Waals surface area contributed by atoms with E-state index in [4.69, 9.17) is 5.11 Å². The lowest BCUT2D eigenvalue weighted by Gasteiger charge is -2.13. The van der Waals surface area contributed by atoms with Gasteiger partial charge in [-0.05, 0) is 32.1 Å². The lowest BCUT2D eigenvalue weighted by Crippen LogP contribution is -2.13. The highest BCUT2D eigenvalue weighted by Gasteiger charge is 2.08. The molecule has 0 amide bonds. The fraction of sp³-hybridized carbons (Fsp3) is 1.00. The predicted octanol–water partition coefficient (Wildman–Crippen LogP) is 3.01. The molecule has 0 aliphatic heterocycles. The van der Waals surface area contributed by atoms with Crippen molar-refractivity contribution in [2.24, 2.45) is 0 Å². The molecule has 0 aliphatic rings. The van der Waals surface area contributed by atoms with Crippen molar-refractivity contribution in [3.63, 3.8) is 0 Å². The van der Waals surface area contributed by atoms with Crippen molar-refractivity contribution < 1.29 is 15.3 Å². The highest BCUT2D eigenvalue weighted by atomic mass is 16.3. The molecular weight excluding hydrogens is 228 g/mol. The van der Waals surface area contributed by atoms with Crippen LogP contribution in [0.1, 0.15) is 77.6 Å². The Bertz CT molecular complexity index is 162. The topological polar surface area (TPSA) is 60.7 Å². The average Bonchev–Trinajstić information content (AvgIpc) is 2.35. The lowest BCUT2D eigenvalue weighted by molar-refractivity contribution is 0.102. The SMILES string of the molecule is CCCC(O)CC[C@@H](O)CCCCCCCCO. The van der Waals surface area contributed by atoms with Crippen molar-refractivity contribution in [2.75, 3.05) is 6.61 Å². The first kappa shape index (κ1) is 17.9.